The molecule has 0 aromatic carbocycles. The number of nitrogens with two attached hydrogens (primary N) is 1. The number of hydrogen-bond donors (Lipinski definition) is 1. The molecule has 0 saturated heterocycles. The molecule has 2 N–H and O–H groups in total. The maximum atomic E-state index is 11.9. The van der Waals surface area contributed by atoms with Gasteiger partial charge in [-0.3, -0.25) is 4.79 Å². The fraction of sp³-hybridized carbons (Fsp3) is 0.909. The summed E-state index contributed by atoms with van der Waals surface area (Å²) in [5.74, 6) is 1.26. The molecule has 2 rings (SSSR count). The average Bonchev–Trinajstić information content (AvgIpc) is 3.01. The van der Waals surface area contributed by atoms with E-state index in [2.05, 4.69) is 6.92 Å². The van der Waals surface area contributed by atoms with E-state index in [1.165, 1.54) is 12.8 Å². The molecule has 2 unspecified atom stereocenters. The van der Waals surface area contributed by atoms with E-state index in [0.29, 0.717) is 5.91 Å². The summed E-state index contributed by atoms with van der Waals surface area (Å²) in [6, 6.07) is 0.154. The van der Waals surface area contributed by atoms with Gasteiger partial charge in [0.2, 0.25) is 5.91 Å². The zero-order chi connectivity index (χ0) is 10.1. The van der Waals surface area contributed by atoms with Gasteiger partial charge in [0.1, 0.15) is 0 Å². The van der Waals surface area contributed by atoms with E-state index in [-0.39, 0.29) is 12.0 Å². The molecule has 0 bridgehead atoms. The predicted molar refractivity (Wildman–Crippen MR) is 55.7 cm³/mol. The van der Waals surface area contributed by atoms with E-state index in [9.17, 15) is 4.79 Å². The van der Waals surface area contributed by atoms with Crippen LogP contribution < -0.4 is 5.73 Å². The van der Waals surface area contributed by atoms with E-state index in [0.717, 1.165) is 31.8 Å². The monoisotopic (exact) mass is 196 g/mol. The summed E-state index contributed by atoms with van der Waals surface area (Å²) >= 11 is 0. The average molecular weight is 196 g/mol. The highest BCUT2D eigenvalue weighted by Crippen LogP contribution is 2.33. The third-order valence-corrected chi connectivity index (χ3v) is 3.14. The first-order valence-electron chi connectivity index (χ1n) is 5.76. The molecule has 0 aliphatic heterocycles. The molecule has 3 nitrogen and oxygen atoms in total. The summed E-state index contributed by atoms with van der Waals surface area (Å²) in [6.45, 7) is 4.02. The van der Waals surface area contributed by atoms with Gasteiger partial charge in [0.05, 0.1) is 5.92 Å². The first-order valence-corrected chi connectivity index (χ1v) is 5.76. The Bertz CT molecular complexity index is 225. The first-order chi connectivity index (χ1) is 6.72. The van der Waals surface area contributed by atoms with E-state index in [1.54, 1.807) is 0 Å². The highest BCUT2D eigenvalue weighted by atomic mass is 16.2. The lowest BCUT2D eigenvalue weighted by Crippen LogP contribution is -2.36. The number of hydrogen-bond acceptors (Lipinski definition) is 2. The molecule has 2 aliphatic carbocycles. The summed E-state index contributed by atoms with van der Waals surface area (Å²) in [5, 5.41) is 0. The number of carbonyl (C=O) groups is 1. The molecule has 80 valence electrons. The summed E-state index contributed by atoms with van der Waals surface area (Å²) in [6.07, 6.45) is 4.58. The molecular weight excluding hydrogens is 176 g/mol. The Balaban J connectivity index is 1.84. The highest BCUT2D eigenvalue weighted by molar-refractivity contribution is 5.82. The highest BCUT2D eigenvalue weighted by Gasteiger charge is 2.42. The third kappa shape index (κ3) is 2.27. The van der Waals surface area contributed by atoms with Crippen LogP contribution >= 0.6 is 0 Å². The fourth-order valence-corrected chi connectivity index (χ4v) is 1.91. The van der Waals surface area contributed by atoms with Crippen LogP contribution in [0, 0.1) is 11.8 Å². The van der Waals surface area contributed by atoms with Gasteiger partial charge in [-0.05, 0) is 31.6 Å². The van der Waals surface area contributed by atoms with Crippen molar-refractivity contribution < 1.29 is 4.79 Å². The number of carbonyl (C=O) groups excluding carboxylic acids is 1. The lowest BCUT2D eigenvalue weighted by Gasteiger charge is -2.22. The van der Waals surface area contributed by atoms with Gasteiger partial charge in [-0.15, -0.1) is 0 Å². The van der Waals surface area contributed by atoms with Gasteiger partial charge in [0, 0.05) is 19.1 Å². The Kier molecular flexibility index (Phi) is 2.77. The number of nitrogens with zero attached hydrogens (tertiary/aromatic N) is 1. The Morgan fingerprint density at radius 1 is 1.50 bits per heavy atom. The Labute approximate surface area is 85.6 Å². The van der Waals surface area contributed by atoms with Crippen molar-refractivity contribution in [3.63, 3.8) is 0 Å². The minimum Gasteiger partial charge on any atom is -0.342 e. The summed E-state index contributed by atoms with van der Waals surface area (Å²) in [4.78, 5) is 14.0. The van der Waals surface area contributed by atoms with Gasteiger partial charge in [-0.1, -0.05) is 6.92 Å². The van der Waals surface area contributed by atoms with Gasteiger partial charge >= 0.3 is 0 Å². The topological polar surface area (TPSA) is 46.3 Å². The molecule has 14 heavy (non-hydrogen) atoms. The van der Waals surface area contributed by atoms with Crippen LogP contribution in [-0.4, -0.2) is 29.9 Å². The SMILES string of the molecule is CCCN(CC1CC1)C(=O)C1CC1N. The van der Waals surface area contributed by atoms with Gasteiger partial charge in [0.15, 0.2) is 0 Å². The number of amides is 1. The Morgan fingerprint density at radius 3 is 2.57 bits per heavy atom. The smallest absolute Gasteiger partial charge is 0.227 e. The predicted octanol–water partition coefficient (Wildman–Crippen LogP) is 0.982. The van der Waals surface area contributed by atoms with Crippen molar-refractivity contribution in [2.75, 3.05) is 13.1 Å². The molecule has 0 aromatic rings. The van der Waals surface area contributed by atoms with Crippen LogP contribution in [0.5, 0.6) is 0 Å². The van der Waals surface area contributed by atoms with Crippen molar-refractivity contribution in [2.24, 2.45) is 17.6 Å². The van der Waals surface area contributed by atoms with Crippen LogP contribution in [0.25, 0.3) is 0 Å². The van der Waals surface area contributed by atoms with Gasteiger partial charge in [-0.25, -0.2) is 0 Å². The van der Waals surface area contributed by atoms with E-state index in [1.807, 2.05) is 4.90 Å². The van der Waals surface area contributed by atoms with Crippen LogP contribution in [0.1, 0.15) is 32.6 Å². The second-order valence-electron chi connectivity index (χ2n) is 4.73. The van der Waals surface area contributed by atoms with Crippen LogP contribution in [0.2, 0.25) is 0 Å². The van der Waals surface area contributed by atoms with Gasteiger partial charge < -0.3 is 10.6 Å². The van der Waals surface area contributed by atoms with E-state index < -0.39 is 0 Å². The van der Waals surface area contributed by atoms with Crippen molar-refractivity contribution >= 4 is 5.91 Å². The maximum Gasteiger partial charge on any atom is 0.227 e. The maximum absolute atomic E-state index is 11.9. The molecule has 2 saturated carbocycles. The van der Waals surface area contributed by atoms with E-state index in [4.69, 9.17) is 5.73 Å². The first kappa shape index (κ1) is 9.97. The van der Waals surface area contributed by atoms with Crippen molar-refractivity contribution in [2.45, 2.75) is 38.6 Å². The molecular formula is C11H20N2O. The largest absolute Gasteiger partial charge is 0.342 e. The lowest BCUT2D eigenvalue weighted by molar-refractivity contribution is -0.132. The summed E-state index contributed by atoms with van der Waals surface area (Å²) in [5.41, 5.74) is 5.70. The van der Waals surface area contributed by atoms with Crippen molar-refractivity contribution in [3.05, 3.63) is 0 Å². The second kappa shape index (κ2) is 3.89. The molecule has 2 atom stereocenters. The lowest BCUT2D eigenvalue weighted by atomic mass is 10.2. The fourth-order valence-electron chi connectivity index (χ4n) is 1.91. The molecule has 0 aromatic heterocycles. The minimum atomic E-state index is 0.153. The quantitative estimate of drug-likeness (QED) is 0.712. The standard InChI is InChI=1S/C11H20N2O/c1-2-5-13(7-8-3-4-8)11(14)9-6-10(9)12/h8-10H,2-7,12H2,1H3. The summed E-state index contributed by atoms with van der Waals surface area (Å²) in [7, 11) is 0. The van der Waals surface area contributed by atoms with Crippen molar-refractivity contribution in [3.8, 4) is 0 Å². The molecule has 0 spiro atoms. The molecule has 3 heteroatoms. The van der Waals surface area contributed by atoms with Gasteiger partial charge in [-0.2, -0.15) is 0 Å². The van der Waals surface area contributed by atoms with Crippen molar-refractivity contribution in [1.29, 1.82) is 0 Å². The molecule has 1 amide bonds. The van der Waals surface area contributed by atoms with Crippen molar-refractivity contribution in [1.82, 2.24) is 4.90 Å². The van der Waals surface area contributed by atoms with Crippen LogP contribution in [0.3, 0.4) is 0 Å². The Hall–Kier alpha value is -0.570. The van der Waals surface area contributed by atoms with Gasteiger partial charge in [0.25, 0.3) is 0 Å². The molecule has 2 aliphatic rings. The molecule has 2 fully saturated rings. The van der Waals surface area contributed by atoms with E-state index >= 15 is 0 Å². The molecule has 0 radical (unpaired) electrons. The van der Waals surface area contributed by atoms with Crippen LogP contribution in [0.4, 0.5) is 0 Å². The third-order valence-electron chi connectivity index (χ3n) is 3.14. The Morgan fingerprint density at radius 2 is 2.14 bits per heavy atom. The van der Waals surface area contributed by atoms with Crippen LogP contribution in [-0.2, 0) is 4.79 Å². The zero-order valence-electron chi connectivity index (χ0n) is 8.91. The minimum absolute atomic E-state index is 0.153. The zero-order valence-corrected chi connectivity index (χ0v) is 8.91. The normalized spacial score (nSPS) is 30.1. The number of rotatable bonds is 5. The second-order valence-corrected chi connectivity index (χ2v) is 4.73. The molecule has 0 heterocycles. The summed E-state index contributed by atoms with van der Waals surface area (Å²) < 4.78 is 0. The van der Waals surface area contributed by atoms with Crippen LogP contribution in [0.15, 0.2) is 0 Å².